The van der Waals surface area contributed by atoms with Crippen molar-refractivity contribution >= 4 is 21.4 Å². The lowest BCUT2D eigenvalue weighted by atomic mass is 10.1. The number of anilines is 1. The van der Waals surface area contributed by atoms with Crippen LogP contribution in [0.2, 0.25) is 0 Å². The molecule has 0 fully saturated rings. The summed E-state index contributed by atoms with van der Waals surface area (Å²) in [6.07, 6.45) is 2.08. The molecule has 0 bridgehead atoms. The first-order valence-corrected chi connectivity index (χ1v) is 8.49. The molecule has 0 saturated carbocycles. The molecule has 2 rings (SSSR count). The summed E-state index contributed by atoms with van der Waals surface area (Å²) in [6.45, 7) is 2.07. The van der Waals surface area contributed by atoms with Crippen molar-refractivity contribution in [2.24, 2.45) is 0 Å². The topological polar surface area (TPSA) is 63.2 Å². The molecule has 0 atom stereocenters. The van der Waals surface area contributed by atoms with E-state index in [4.69, 9.17) is 0 Å². The third-order valence-corrected chi connectivity index (χ3v) is 4.29. The molecule has 0 aliphatic carbocycles. The van der Waals surface area contributed by atoms with Crippen LogP contribution in [0.1, 0.15) is 22.8 Å². The van der Waals surface area contributed by atoms with Crippen molar-refractivity contribution in [2.75, 3.05) is 11.6 Å². The van der Waals surface area contributed by atoms with Crippen molar-refractivity contribution in [2.45, 2.75) is 18.2 Å². The fourth-order valence-electron chi connectivity index (χ4n) is 1.88. The van der Waals surface area contributed by atoms with Crippen LogP contribution in [0.5, 0.6) is 0 Å². The Balaban J connectivity index is 2.12. The van der Waals surface area contributed by atoms with Gasteiger partial charge in [-0.15, -0.1) is 0 Å². The van der Waals surface area contributed by atoms with E-state index in [1.54, 1.807) is 0 Å². The second-order valence-electron chi connectivity index (χ2n) is 4.80. The zero-order valence-corrected chi connectivity index (χ0v) is 12.8. The molecule has 4 nitrogen and oxygen atoms in total. The summed E-state index contributed by atoms with van der Waals surface area (Å²) in [5, 5.41) is 2.78. The summed E-state index contributed by atoms with van der Waals surface area (Å²) < 4.78 is 22.7. The minimum Gasteiger partial charge on any atom is -0.322 e. The van der Waals surface area contributed by atoms with Gasteiger partial charge in [-0.05, 0) is 48.4 Å². The van der Waals surface area contributed by atoms with Gasteiger partial charge in [0.2, 0.25) is 0 Å². The Morgan fingerprint density at radius 3 is 2.05 bits per heavy atom. The van der Waals surface area contributed by atoms with Gasteiger partial charge in [0, 0.05) is 17.5 Å². The number of sulfone groups is 1. The third-order valence-electron chi connectivity index (χ3n) is 3.16. The van der Waals surface area contributed by atoms with E-state index in [2.05, 4.69) is 12.2 Å². The van der Waals surface area contributed by atoms with E-state index in [0.29, 0.717) is 11.3 Å². The minimum absolute atomic E-state index is 0.200. The second kappa shape index (κ2) is 6.10. The number of benzene rings is 2. The molecule has 5 heteroatoms. The molecule has 2 aromatic carbocycles. The molecule has 110 valence electrons. The molecular weight excluding hydrogens is 286 g/mol. The largest absolute Gasteiger partial charge is 0.322 e. The lowest BCUT2D eigenvalue weighted by molar-refractivity contribution is 0.102. The number of aryl methyl sites for hydroxylation is 1. The maximum atomic E-state index is 12.1. The van der Waals surface area contributed by atoms with Gasteiger partial charge in [0.05, 0.1) is 4.90 Å². The predicted molar refractivity (Wildman–Crippen MR) is 83.3 cm³/mol. The highest BCUT2D eigenvalue weighted by atomic mass is 32.2. The van der Waals surface area contributed by atoms with Crippen molar-refractivity contribution in [1.29, 1.82) is 0 Å². The zero-order valence-electron chi connectivity index (χ0n) is 12.0. The molecule has 1 amide bonds. The molecule has 2 aromatic rings. The van der Waals surface area contributed by atoms with Crippen LogP contribution in [-0.2, 0) is 16.3 Å². The Morgan fingerprint density at radius 2 is 1.57 bits per heavy atom. The van der Waals surface area contributed by atoms with E-state index >= 15 is 0 Å². The average molecular weight is 303 g/mol. The molecule has 0 saturated heterocycles. The van der Waals surface area contributed by atoms with Crippen LogP contribution in [0.15, 0.2) is 53.4 Å². The first kappa shape index (κ1) is 15.3. The van der Waals surface area contributed by atoms with E-state index in [0.717, 1.165) is 12.7 Å². The van der Waals surface area contributed by atoms with Gasteiger partial charge in [0.15, 0.2) is 9.84 Å². The summed E-state index contributed by atoms with van der Waals surface area (Å²) in [5.41, 5.74) is 2.33. The average Bonchev–Trinajstić information content (AvgIpc) is 2.47. The minimum atomic E-state index is -3.24. The van der Waals surface area contributed by atoms with Gasteiger partial charge in [-0.3, -0.25) is 4.79 Å². The molecule has 0 aliphatic heterocycles. The number of nitrogens with one attached hydrogen (secondary N) is 1. The standard InChI is InChI=1S/C16H17NO3S/c1-3-12-4-8-14(9-5-12)17-16(18)13-6-10-15(11-7-13)21(2,19)20/h4-11H,3H2,1-2H3,(H,17,18). The Morgan fingerprint density at radius 1 is 1.00 bits per heavy atom. The molecule has 0 spiro atoms. The van der Waals surface area contributed by atoms with E-state index in [1.807, 2.05) is 24.3 Å². The van der Waals surface area contributed by atoms with Crippen LogP contribution in [0.25, 0.3) is 0 Å². The van der Waals surface area contributed by atoms with E-state index < -0.39 is 9.84 Å². The molecule has 0 radical (unpaired) electrons. The van der Waals surface area contributed by atoms with Crippen molar-refractivity contribution in [3.8, 4) is 0 Å². The molecule has 0 aromatic heterocycles. The first-order valence-electron chi connectivity index (χ1n) is 6.60. The van der Waals surface area contributed by atoms with Crippen LogP contribution >= 0.6 is 0 Å². The van der Waals surface area contributed by atoms with Gasteiger partial charge in [0.1, 0.15) is 0 Å². The highest BCUT2D eigenvalue weighted by Crippen LogP contribution is 2.14. The number of carbonyl (C=O) groups is 1. The van der Waals surface area contributed by atoms with Crippen LogP contribution in [0.4, 0.5) is 5.69 Å². The van der Waals surface area contributed by atoms with Crippen LogP contribution < -0.4 is 5.32 Å². The first-order chi connectivity index (χ1) is 9.90. The maximum absolute atomic E-state index is 12.1. The molecule has 0 aliphatic rings. The zero-order chi connectivity index (χ0) is 15.5. The van der Waals surface area contributed by atoms with Gasteiger partial charge < -0.3 is 5.32 Å². The van der Waals surface area contributed by atoms with Crippen molar-refractivity contribution < 1.29 is 13.2 Å². The molecule has 21 heavy (non-hydrogen) atoms. The number of carbonyl (C=O) groups excluding carboxylic acids is 1. The third kappa shape index (κ3) is 3.92. The van der Waals surface area contributed by atoms with Gasteiger partial charge in [-0.25, -0.2) is 8.42 Å². The lowest BCUT2D eigenvalue weighted by Crippen LogP contribution is -2.12. The van der Waals surface area contributed by atoms with Gasteiger partial charge in [-0.1, -0.05) is 19.1 Å². The molecule has 0 unspecified atom stereocenters. The summed E-state index contributed by atoms with van der Waals surface area (Å²) in [7, 11) is -3.24. The quantitative estimate of drug-likeness (QED) is 0.944. The van der Waals surface area contributed by atoms with Gasteiger partial charge in [0.25, 0.3) is 5.91 Å². The summed E-state index contributed by atoms with van der Waals surface area (Å²) in [5.74, 6) is -0.265. The van der Waals surface area contributed by atoms with Crippen LogP contribution in [-0.4, -0.2) is 20.6 Å². The van der Waals surface area contributed by atoms with E-state index in [-0.39, 0.29) is 10.8 Å². The number of hydrogen-bond acceptors (Lipinski definition) is 3. The molecular formula is C16H17NO3S. The maximum Gasteiger partial charge on any atom is 0.255 e. The SMILES string of the molecule is CCc1ccc(NC(=O)c2ccc(S(C)(=O)=O)cc2)cc1. The van der Waals surface area contributed by atoms with Gasteiger partial charge >= 0.3 is 0 Å². The lowest BCUT2D eigenvalue weighted by Gasteiger charge is -2.06. The highest BCUT2D eigenvalue weighted by molar-refractivity contribution is 7.90. The Labute approximate surface area is 124 Å². The van der Waals surface area contributed by atoms with Crippen molar-refractivity contribution in [3.63, 3.8) is 0 Å². The summed E-state index contributed by atoms with van der Waals surface area (Å²) in [4.78, 5) is 12.3. The monoisotopic (exact) mass is 303 g/mol. The highest BCUT2D eigenvalue weighted by Gasteiger charge is 2.10. The Kier molecular flexibility index (Phi) is 4.43. The fraction of sp³-hybridized carbons (Fsp3) is 0.188. The predicted octanol–water partition coefficient (Wildman–Crippen LogP) is 2.90. The number of hydrogen-bond donors (Lipinski definition) is 1. The smallest absolute Gasteiger partial charge is 0.255 e. The Bertz CT molecular complexity index is 732. The fourth-order valence-corrected chi connectivity index (χ4v) is 2.51. The normalized spacial score (nSPS) is 11.1. The van der Waals surface area contributed by atoms with Crippen molar-refractivity contribution in [3.05, 3.63) is 59.7 Å². The number of amides is 1. The van der Waals surface area contributed by atoms with E-state index in [1.165, 1.54) is 29.8 Å². The second-order valence-corrected chi connectivity index (χ2v) is 6.82. The molecule has 1 N–H and O–H groups in total. The summed E-state index contributed by atoms with van der Waals surface area (Å²) >= 11 is 0. The Hall–Kier alpha value is -2.14. The number of rotatable bonds is 4. The summed E-state index contributed by atoms with van der Waals surface area (Å²) in [6, 6.07) is 13.5. The van der Waals surface area contributed by atoms with Crippen LogP contribution in [0, 0.1) is 0 Å². The van der Waals surface area contributed by atoms with Gasteiger partial charge in [-0.2, -0.15) is 0 Å². The van der Waals surface area contributed by atoms with Crippen molar-refractivity contribution in [1.82, 2.24) is 0 Å². The molecule has 0 heterocycles. The van der Waals surface area contributed by atoms with Crippen LogP contribution in [0.3, 0.4) is 0 Å². The van der Waals surface area contributed by atoms with E-state index in [9.17, 15) is 13.2 Å².